The summed E-state index contributed by atoms with van der Waals surface area (Å²) in [5.41, 5.74) is 0. The summed E-state index contributed by atoms with van der Waals surface area (Å²) in [7, 11) is -0.739. The van der Waals surface area contributed by atoms with E-state index in [0.29, 0.717) is 6.61 Å². The Morgan fingerprint density at radius 1 is 1.40 bits per heavy atom. The molecule has 2 unspecified atom stereocenters. The highest BCUT2D eigenvalue weighted by molar-refractivity contribution is 7.86. The second kappa shape index (κ2) is 6.31. The topological polar surface area (TPSA) is 26.3 Å². The van der Waals surface area contributed by atoms with Gasteiger partial charge in [0.2, 0.25) is 0 Å². The van der Waals surface area contributed by atoms with Crippen molar-refractivity contribution in [2.75, 3.05) is 12.4 Å². The van der Waals surface area contributed by atoms with Crippen LogP contribution in [0.2, 0.25) is 0 Å². The molecule has 0 bridgehead atoms. The van der Waals surface area contributed by atoms with Crippen molar-refractivity contribution in [2.45, 2.75) is 50.2 Å². The van der Waals surface area contributed by atoms with Crippen LogP contribution in [0.15, 0.2) is 12.8 Å². The van der Waals surface area contributed by atoms with Gasteiger partial charge in [0.05, 0.1) is 11.0 Å². The second-order valence-electron chi connectivity index (χ2n) is 4.23. The van der Waals surface area contributed by atoms with Gasteiger partial charge in [-0.25, -0.2) is 0 Å². The maximum Gasteiger partial charge on any atom is 0.104 e. The number of hydrogen-bond donors (Lipinski definition) is 0. The molecule has 1 aliphatic rings. The van der Waals surface area contributed by atoms with E-state index < -0.39 is 10.8 Å². The molecule has 0 aromatic rings. The molecular weight excluding hydrogens is 208 g/mol. The maximum atomic E-state index is 12.2. The average molecular weight is 230 g/mol. The number of ether oxygens (including phenoxy) is 1. The summed E-state index contributed by atoms with van der Waals surface area (Å²) in [5, 5.41) is 0. The van der Waals surface area contributed by atoms with Gasteiger partial charge < -0.3 is 4.74 Å². The maximum absolute atomic E-state index is 12.2. The molecule has 1 saturated heterocycles. The lowest BCUT2D eigenvalue weighted by Gasteiger charge is -2.32. The largest absolute Gasteiger partial charge is 0.500 e. The summed E-state index contributed by atoms with van der Waals surface area (Å²) < 4.78 is 17.4. The van der Waals surface area contributed by atoms with Gasteiger partial charge in [0.25, 0.3) is 0 Å². The molecule has 2 atom stereocenters. The lowest BCUT2D eigenvalue weighted by molar-refractivity contribution is 0.198. The Morgan fingerprint density at radius 3 is 2.80 bits per heavy atom. The molecule has 0 saturated carbocycles. The summed E-state index contributed by atoms with van der Waals surface area (Å²) in [6, 6.07) is 0. The van der Waals surface area contributed by atoms with E-state index >= 15 is 0 Å². The molecule has 0 aromatic carbocycles. The van der Waals surface area contributed by atoms with Crippen molar-refractivity contribution < 1.29 is 8.95 Å². The Labute approximate surface area is 95.5 Å². The molecule has 1 heterocycles. The Bertz CT molecular complexity index is 228. The molecule has 1 fully saturated rings. The highest BCUT2D eigenvalue weighted by Crippen LogP contribution is 2.30. The zero-order valence-electron chi connectivity index (χ0n) is 9.67. The van der Waals surface area contributed by atoms with E-state index in [2.05, 4.69) is 13.5 Å². The van der Waals surface area contributed by atoms with Gasteiger partial charge in [-0.05, 0) is 19.3 Å². The van der Waals surface area contributed by atoms with Crippen molar-refractivity contribution in [3.63, 3.8) is 0 Å². The van der Waals surface area contributed by atoms with Crippen LogP contribution < -0.4 is 0 Å². The first-order valence-electron chi connectivity index (χ1n) is 5.86. The van der Waals surface area contributed by atoms with Crippen LogP contribution in [-0.2, 0) is 15.5 Å². The van der Waals surface area contributed by atoms with Crippen molar-refractivity contribution in [3.05, 3.63) is 12.8 Å². The average Bonchev–Trinajstić information content (AvgIpc) is 2.24. The van der Waals surface area contributed by atoms with Crippen LogP contribution in [0.5, 0.6) is 0 Å². The van der Waals surface area contributed by atoms with Crippen molar-refractivity contribution in [1.82, 2.24) is 0 Å². The van der Waals surface area contributed by atoms with Crippen LogP contribution in [0, 0.1) is 0 Å². The van der Waals surface area contributed by atoms with Gasteiger partial charge in [0, 0.05) is 16.6 Å². The van der Waals surface area contributed by atoms with Crippen LogP contribution in [0.25, 0.3) is 0 Å². The summed E-state index contributed by atoms with van der Waals surface area (Å²) in [6.45, 7) is 6.24. The summed E-state index contributed by atoms with van der Waals surface area (Å²) in [6.07, 6.45) is 8.22. The summed E-state index contributed by atoms with van der Waals surface area (Å²) >= 11 is 0. The van der Waals surface area contributed by atoms with Gasteiger partial charge in [-0.2, -0.15) is 0 Å². The van der Waals surface area contributed by atoms with Crippen molar-refractivity contribution >= 4 is 10.8 Å². The van der Waals surface area contributed by atoms with Gasteiger partial charge >= 0.3 is 0 Å². The standard InChI is InChI=1S/C12H22O2S/c1-3-12(11-14-4-2)9-7-5-6-8-10-15(12)13/h4H,2-3,5-11H2,1H3. The highest BCUT2D eigenvalue weighted by Gasteiger charge is 2.35. The summed E-state index contributed by atoms with van der Waals surface area (Å²) in [5.74, 6) is 0.842. The Hall–Kier alpha value is -0.310. The van der Waals surface area contributed by atoms with Crippen molar-refractivity contribution in [3.8, 4) is 0 Å². The molecule has 3 heteroatoms. The lowest BCUT2D eigenvalue weighted by Crippen LogP contribution is -2.40. The molecular formula is C12H22O2S. The molecule has 0 radical (unpaired) electrons. The third-order valence-electron chi connectivity index (χ3n) is 3.30. The molecule has 0 N–H and O–H groups in total. The smallest absolute Gasteiger partial charge is 0.104 e. The first kappa shape index (κ1) is 12.8. The van der Waals surface area contributed by atoms with E-state index in [9.17, 15) is 4.21 Å². The van der Waals surface area contributed by atoms with Crippen LogP contribution in [0.4, 0.5) is 0 Å². The molecule has 15 heavy (non-hydrogen) atoms. The molecule has 0 aromatic heterocycles. The third kappa shape index (κ3) is 3.33. The molecule has 0 aliphatic carbocycles. The fourth-order valence-corrected chi connectivity index (χ4v) is 3.95. The molecule has 0 amide bonds. The van der Waals surface area contributed by atoms with Crippen LogP contribution in [0.3, 0.4) is 0 Å². The Morgan fingerprint density at radius 2 is 2.13 bits per heavy atom. The molecule has 0 spiro atoms. The van der Waals surface area contributed by atoms with Crippen molar-refractivity contribution in [2.24, 2.45) is 0 Å². The number of hydrogen-bond acceptors (Lipinski definition) is 2. The summed E-state index contributed by atoms with van der Waals surface area (Å²) in [4.78, 5) is 0. The minimum absolute atomic E-state index is 0.116. The van der Waals surface area contributed by atoms with Gasteiger partial charge in [0.1, 0.15) is 6.61 Å². The fraction of sp³-hybridized carbons (Fsp3) is 0.833. The lowest BCUT2D eigenvalue weighted by atomic mass is 9.97. The van der Waals surface area contributed by atoms with E-state index in [0.717, 1.165) is 25.0 Å². The van der Waals surface area contributed by atoms with Gasteiger partial charge in [-0.15, -0.1) is 0 Å². The van der Waals surface area contributed by atoms with Crippen molar-refractivity contribution in [1.29, 1.82) is 0 Å². The fourth-order valence-electron chi connectivity index (χ4n) is 2.15. The quantitative estimate of drug-likeness (QED) is 0.694. The van der Waals surface area contributed by atoms with E-state index in [4.69, 9.17) is 4.74 Å². The van der Waals surface area contributed by atoms with Gasteiger partial charge in [0.15, 0.2) is 0 Å². The van der Waals surface area contributed by atoms with E-state index in [-0.39, 0.29) is 4.75 Å². The van der Waals surface area contributed by atoms with E-state index in [1.165, 1.54) is 25.5 Å². The monoisotopic (exact) mass is 230 g/mol. The molecule has 1 rings (SSSR count). The molecule has 88 valence electrons. The zero-order chi connectivity index (χ0) is 11.1. The Kier molecular flexibility index (Phi) is 5.37. The predicted octanol–water partition coefficient (Wildman–Crippen LogP) is 3.01. The minimum atomic E-state index is -0.739. The zero-order valence-corrected chi connectivity index (χ0v) is 10.5. The molecule has 2 nitrogen and oxygen atoms in total. The first-order valence-corrected chi connectivity index (χ1v) is 7.18. The third-order valence-corrected chi connectivity index (χ3v) is 5.54. The SMILES string of the molecule is C=COCC1(CC)CCCCCCS1=O. The van der Waals surface area contributed by atoms with E-state index in [1.807, 2.05) is 0 Å². The van der Waals surface area contributed by atoms with Crippen LogP contribution in [0.1, 0.15) is 45.4 Å². The van der Waals surface area contributed by atoms with Crippen LogP contribution in [-0.4, -0.2) is 21.3 Å². The molecule has 1 aliphatic heterocycles. The number of rotatable bonds is 4. The normalized spacial score (nSPS) is 32.7. The second-order valence-corrected chi connectivity index (χ2v) is 6.19. The van der Waals surface area contributed by atoms with Gasteiger partial charge in [-0.3, -0.25) is 4.21 Å². The Balaban J connectivity index is 2.69. The predicted molar refractivity (Wildman–Crippen MR) is 65.3 cm³/mol. The van der Waals surface area contributed by atoms with E-state index in [1.54, 1.807) is 0 Å². The highest BCUT2D eigenvalue weighted by atomic mass is 32.2. The van der Waals surface area contributed by atoms with Gasteiger partial charge in [-0.1, -0.05) is 32.8 Å². The van der Waals surface area contributed by atoms with Crippen LogP contribution >= 0.6 is 0 Å². The minimum Gasteiger partial charge on any atom is -0.500 e. The first-order chi connectivity index (χ1) is 7.25.